The van der Waals surface area contributed by atoms with Crippen LogP contribution in [-0.2, 0) is 6.42 Å². The summed E-state index contributed by atoms with van der Waals surface area (Å²) in [6.07, 6.45) is 2.78. The van der Waals surface area contributed by atoms with E-state index in [1.807, 2.05) is 0 Å². The first kappa shape index (κ1) is 7.84. The Balaban J connectivity index is 2.05. The van der Waals surface area contributed by atoms with Gasteiger partial charge in [0.25, 0.3) is 11.5 Å². The minimum Gasteiger partial charge on any atom is -0.383 e. The summed E-state index contributed by atoms with van der Waals surface area (Å²) in [7, 11) is 0. The lowest BCUT2D eigenvalue weighted by molar-refractivity contribution is 0.0718. The number of nitrogens with zero attached hydrogens (tertiary/aromatic N) is 1. The van der Waals surface area contributed by atoms with Crippen LogP contribution in [0, 0.1) is 0 Å². The molecule has 2 aliphatic rings. The maximum Gasteiger partial charge on any atom is 0.293 e. The normalized spacial score (nSPS) is 21.1. The Morgan fingerprint density at radius 3 is 2.86 bits per heavy atom. The Morgan fingerprint density at radius 2 is 2.14 bits per heavy atom. The summed E-state index contributed by atoms with van der Waals surface area (Å²) in [5.41, 5.74) is -0.182. The molecule has 0 atom stereocenters. The third-order valence-corrected chi connectivity index (χ3v) is 2.81. The lowest BCUT2D eigenvalue weighted by Gasteiger charge is -2.24. The molecule has 1 fully saturated rings. The molecule has 0 radical (unpaired) electrons. The third kappa shape index (κ3) is 0.950. The van der Waals surface area contributed by atoms with E-state index >= 15 is 0 Å². The summed E-state index contributed by atoms with van der Waals surface area (Å²) in [6, 6.07) is 0.366. The smallest absolute Gasteiger partial charge is 0.293 e. The van der Waals surface area contributed by atoms with Crippen LogP contribution >= 0.6 is 0 Å². The van der Waals surface area contributed by atoms with Gasteiger partial charge in [-0.3, -0.25) is 9.59 Å². The highest BCUT2D eigenvalue weighted by molar-refractivity contribution is 5.96. The number of carbonyl (C=O) groups is 1. The molecule has 1 aromatic heterocycles. The predicted octanol–water partition coefficient (Wildman–Crippen LogP) is 0.129. The van der Waals surface area contributed by atoms with Crippen molar-refractivity contribution in [1.82, 2.24) is 10.1 Å². The van der Waals surface area contributed by atoms with Gasteiger partial charge in [-0.1, -0.05) is 0 Å². The summed E-state index contributed by atoms with van der Waals surface area (Å²) >= 11 is 0. The minimum atomic E-state index is -0.393. The van der Waals surface area contributed by atoms with Gasteiger partial charge in [0.2, 0.25) is 0 Å². The van der Waals surface area contributed by atoms with Gasteiger partial charge in [0.15, 0.2) is 5.76 Å². The predicted molar refractivity (Wildman–Crippen MR) is 47.1 cm³/mol. The monoisotopic (exact) mass is 194 g/mol. The van der Waals surface area contributed by atoms with E-state index in [2.05, 4.69) is 5.16 Å². The Bertz CT molecular complexity index is 441. The molecule has 74 valence electrons. The quantitative estimate of drug-likeness (QED) is 0.691. The largest absolute Gasteiger partial charge is 0.383 e. The topological polar surface area (TPSA) is 66.3 Å². The van der Waals surface area contributed by atoms with E-state index in [9.17, 15) is 9.59 Å². The van der Waals surface area contributed by atoms with Crippen LogP contribution in [0.2, 0.25) is 0 Å². The van der Waals surface area contributed by atoms with E-state index in [1.54, 1.807) is 4.90 Å². The fourth-order valence-electron chi connectivity index (χ4n) is 1.93. The molecule has 14 heavy (non-hydrogen) atoms. The molecular weight excluding hydrogens is 184 g/mol. The molecule has 1 saturated carbocycles. The van der Waals surface area contributed by atoms with Crippen LogP contribution in [0.4, 0.5) is 0 Å². The first-order valence-corrected chi connectivity index (χ1v) is 4.78. The van der Waals surface area contributed by atoms with E-state index in [4.69, 9.17) is 4.52 Å². The lowest BCUT2D eigenvalue weighted by atomic mass is 10.1. The van der Waals surface area contributed by atoms with E-state index in [0.717, 1.165) is 12.8 Å². The number of carbonyl (C=O) groups excluding carboxylic acids is 1. The van der Waals surface area contributed by atoms with Crippen molar-refractivity contribution in [3.05, 3.63) is 21.7 Å². The zero-order valence-corrected chi connectivity index (χ0v) is 7.58. The van der Waals surface area contributed by atoms with Gasteiger partial charge in [0, 0.05) is 19.0 Å². The molecule has 0 spiro atoms. The fourth-order valence-corrected chi connectivity index (χ4v) is 1.93. The van der Waals surface area contributed by atoms with E-state index in [1.165, 1.54) is 0 Å². The van der Waals surface area contributed by atoms with Crippen molar-refractivity contribution < 1.29 is 9.32 Å². The number of aromatic amines is 1. The van der Waals surface area contributed by atoms with E-state index in [-0.39, 0.29) is 11.5 Å². The third-order valence-electron chi connectivity index (χ3n) is 2.81. The molecule has 1 aromatic rings. The van der Waals surface area contributed by atoms with Crippen LogP contribution in [0.3, 0.4) is 0 Å². The summed E-state index contributed by atoms with van der Waals surface area (Å²) in [6.45, 7) is 0.678. The maximum absolute atomic E-state index is 11.8. The van der Waals surface area contributed by atoms with Gasteiger partial charge in [0.1, 0.15) is 5.56 Å². The van der Waals surface area contributed by atoms with Crippen molar-refractivity contribution in [2.45, 2.75) is 25.3 Å². The van der Waals surface area contributed by atoms with Crippen molar-refractivity contribution in [2.75, 3.05) is 6.54 Å². The van der Waals surface area contributed by atoms with Gasteiger partial charge in [-0.15, -0.1) is 0 Å². The van der Waals surface area contributed by atoms with Crippen molar-refractivity contribution >= 4 is 5.91 Å². The number of rotatable bonds is 1. The van der Waals surface area contributed by atoms with Crippen LogP contribution in [0.25, 0.3) is 0 Å². The van der Waals surface area contributed by atoms with Crippen molar-refractivity contribution in [2.24, 2.45) is 0 Å². The second-order valence-corrected chi connectivity index (χ2v) is 3.81. The number of nitrogens with one attached hydrogen (secondary N) is 1. The number of H-pyrrole nitrogens is 1. The van der Waals surface area contributed by atoms with Gasteiger partial charge >= 0.3 is 0 Å². The summed E-state index contributed by atoms with van der Waals surface area (Å²) in [5, 5.41) is 2.21. The highest BCUT2D eigenvalue weighted by atomic mass is 16.5. The molecule has 1 aliphatic heterocycles. The summed E-state index contributed by atoms with van der Waals surface area (Å²) < 4.78 is 4.92. The molecule has 1 amide bonds. The number of amides is 1. The highest BCUT2D eigenvalue weighted by Gasteiger charge is 2.38. The van der Waals surface area contributed by atoms with E-state index < -0.39 is 5.56 Å². The first-order valence-electron chi connectivity index (χ1n) is 4.78. The van der Waals surface area contributed by atoms with Crippen LogP contribution in [0.15, 0.2) is 9.32 Å². The molecule has 3 rings (SSSR count). The second-order valence-electron chi connectivity index (χ2n) is 3.81. The van der Waals surface area contributed by atoms with Gasteiger partial charge in [-0.25, -0.2) is 0 Å². The Hall–Kier alpha value is -1.52. The maximum atomic E-state index is 11.8. The SMILES string of the molecule is O=C1c2c(o[nH]c2=O)CCN1C1CC1. The van der Waals surface area contributed by atoms with Crippen LogP contribution < -0.4 is 5.56 Å². The molecule has 0 bridgehead atoms. The molecule has 5 nitrogen and oxygen atoms in total. The van der Waals surface area contributed by atoms with Gasteiger partial charge in [-0.05, 0) is 12.8 Å². The van der Waals surface area contributed by atoms with Crippen molar-refractivity contribution in [3.8, 4) is 0 Å². The Morgan fingerprint density at radius 1 is 1.36 bits per heavy atom. The molecule has 0 unspecified atom stereocenters. The zero-order chi connectivity index (χ0) is 9.71. The van der Waals surface area contributed by atoms with E-state index in [0.29, 0.717) is 24.8 Å². The Labute approximate surface area is 79.7 Å². The summed E-state index contributed by atoms with van der Waals surface area (Å²) in [4.78, 5) is 24.9. The van der Waals surface area contributed by atoms with Crippen molar-refractivity contribution in [1.29, 1.82) is 0 Å². The number of hydrogen-bond acceptors (Lipinski definition) is 3. The lowest BCUT2D eigenvalue weighted by Crippen LogP contribution is -2.40. The number of fused-ring (bicyclic) bond motifs is 1. The van der Waals surface area contributed by atoms with Crippen LogP contribution in [0.5, 0.6) is 0 Å². The van der Waals surface area contributed by atoms with Gasteiger partial charge < -0.3 is 9.42 Å². The average Bonchev–Trinajstić information content (AvgIpc) is 2.92. The zero-order valence-electron chi connectivity index (χ0n) is 7.58. The van der Waals surface area contributed by atoms with Gasteiger partial charge in [-0.2, -0.15) is 5.16 Å². The molecule has 1 N–H and O–H groups in total. The first-order chi connectivity index (χ1) is 6.77. The van der Waals surface area contributed by atoms with Crippen LogP contribution in [0.1, 0.15) is 29.0 Å². The van der Waals surface area contributed by atoms with Gasteiger partial charge in [0.05, 0.1) is 0 Å². The minimum absolute atomic E-state index is 0.163. The molecule has 1 aliphatic carbocycles. The number of aromatic nitrogens is 1. The number of hydrogen-bond donors (Lipinski definition) is 1. The molecule has 2 heterocycles. The van der Waals surface area contributed by atoms with Crippen molar-refractivity contribution in [3.63, 3.8) is 0 Å². The average molecular weight is 194 g/mol. The molecule has 0 aromatic carbocycles. The highest BCUT2D eigenvalue weighted by Crippen LogP contribution is 2.30. The fraction of sp³-hybridized carbons (Fsp3) is 0.556. The Kier molecular flexibility index (Phi) is 1.40. The standard InChI is InChI=1S/C9H10N2O3/c12-8-7-6(14-10-8)3-4-11(9(7)13)5-1-2-5/h5H,1-4H2,(H,10,12). The molecule has 5 heteroatoms. The molecular formula is C9H10N2O3. The summed E-state index contributed by atoms with van der Waals surface area (Å²) in [5.74, 6) is 0.348. The molecule has 0 saturated heterocycles. The second kappa shape index (κ2) is 2.50. The van der Waals surface area contributed by atoms with Crippen LogP contribution in [-0.4, -0.2) is 28.6 Å².